The van der Waals surface area contributed by atoms with Gasteiger partial charge in [0.1, 0.15) is 17.3 Å². The fourth-order valence-electron chi connectivity index (χ4n) is 5.10. The number of fused-ring (bicyclic) bond motifs is 3. The first-order valence-electron chi connectivity index (χ1n) is 11.8. The van der Waals surface area contributed by atoms with E-state index in [9.17, 15) is 4.79 Å². The predicted octanol–water partition coefficient (Wildman–Crippen LogP) is 5.12. The Balaban J connectivity index is 1.37. The molecule has 2 aliphatic rings. The maximum Gasteiger partial charge on any atom is 0.251 e. The van der Waals surface area contributed by atoms with E-state index in [2.05, 4.69) is 40.2 Å². The lowest BCUT2D eigenvalue weighted by molar-refractivity contribution is 0.0947. The highest BCUT2D eigenvalue weighted by atomic mass is 16.5. The summed E-state index contributed by atoms with van der Waals surface area (Å²) in [5.41, 5.74) is 4.19. The highest BCUT2D eigenvalue weighted by Crippen LogP contribution is 2.47. The molecule has 3 heterocycles. The van der Waals surface area contributed by atoms with Crippen LogP contribution in [0.15, 0.2) is 59.0 Å². The number of hydrogen-bond acceptors (Lipinski definition) is 5. The normalized spacial score (nSPS) is 21.5. The van der Waals surface area contributed by atoms with Crippen molar-refractivity contribution in [2.24, 2.45) is 5.92 Å². The van der Waals surface area contributed by atoms with Crippen molar-refractivity contribution >= 4 is 11.6 Å². The Morgan fingerprint density at radius 3 is 2.73 bits per heavy atom. The molecule has 33 heavy (non-hydrogen) atoms. The summed E-state index contributed by atoms with van der Waals surface area (Å²) in [6.45, 7) is 5.94. The fraction of sp³-hybridized carbons (Fsp3) is 0.370. The molecule has 1 aromatic heterocycles. The van der Waals surface area contributed by atoms with Crippen LogP contribution >= 0.6 is 0 Å². The number of carbonyl (C=O) groups excluding carboxylic acids is 1. The zero-order chi connectivity index (χ0) is 22.8. The number of piperidine rings is 1. The number of carbonyl (C=O) groups is 1. The van der Waals surface area contributed by atoms with E-state index in [1.807, 2.05) is 44.2 Å². The first-order valence-corrected chi connectivity index (χ1v) is 11.8. The number of rotatable bonds is 6. The molecule has 5 rings (SSSR count). The number of furan rings is 1. The number of nitrogens with one attached hydrogen (secondary N) is 3. The second kappa shape index (κ2) is 9.32. The Hall–Kier alpha value is -3.25. The number of hydrogen-bond donors (Lipinski definition) is 3. The maximum absolute atomic E-state index is 12.8. The summed E-state index contributed by atoms with van der Waals surface area (Å²) in [5.74, 6) is 2.82. The standard InChI is InChI=1S/C27H31N3O3/c1-3-32-20-11-7-18(8-12-20)25-22-5-4-14-28-26(22)23-15-19(9-13-24(23)30-25)27(31)29-16-21-10-6-17(2)33-21/h6-13,15,22,25-26,28,30H,3-5,14,16H2,1-2H3,(H,29,31). The molecule has 2 aliphatic heterocycles. The molecule has 0 radical (unpaired) electrons. The van der Waals surface area contributed by atoms with Gasteiger partial charge in [-0.05, 0) is 86.8 Å². The van der Waals surface area contributed by atoms with Crippen LogP contribution in [0.25, 0.3) is 0 Å². The Bertz CT molecular complexity index is 1120. The molecule has 3 unspecified atom stereocenters. The van der Waals surface area contributed by atoms with Crippen LogP contribution in [0.2, 0.25) is 0 Å². The van der Waals surface area contributed by atoms with Gasteiger partial charge in [-0.1, -0.05) is 12.1 Å². The van der Waals surface area contributed by atoms with Crippen LogP contribution in [0.3, 0.4) is 0 Å². The Kier molecular flexibility index (Phi) is 6.09. The van der Waals surface area contributed by atoms with Crippen LogP contribution < -0.4 is 20.7 Å². The minimum Gasteiger partial charge on any atom is -0.494 e. The number of benzene rings is 2. The average Bonchev–Trinajstić information content (AvgIpc) is 3.27. The lowest BCUT2D eigenvalue weighted by Crippen LogP contribution is -2.42. The third kappa shape index (κ3) is 4.48. The van der Waals surface area contributed by atoms with E-state index in [4.69, 9.17) is 9.15 Å². The topological polar surface area (TPSA) is 75.5 Å². The van der Waals surface area contributed by atoms with Crippen LogP contribution in [0.1, 0.15) is 64.9 Å². The molecule has 0 bridgehead atoms. The molecule has 2 aromatic carbocycles. The minimum absolute atomic E-state index is 0.0900. The summed E-state index contributed by atoms with van der Waals surface area (Å²) in [6.07, 6.45) is 2.28. The SMILES string of the molecule is CCOc1ccc(C2Nc3ccc(C(=O)NCc4ccc(C)o4)cc3C3NCCCC23)cc1. The summed E-state index contributed by atoms with van der Waals surface area (Å²) < 4.78 is 11.2. The van der Waals surface area contributed by atoms with Crippen molar-refractivity contribution in [3.8, 4) is 5.75 Å². The van der Waals surface area contributed by atoms with E-state index in [0.717, 1.165) is 42.3 Å². The first kappa shape index (κ1) is 21.6. The van der Waals surface area contributed by atoms with Gasteiger partial charge in [-0.15, -0.1) is 0 Å². The third-order valence-corrected chi connectivity index (χ3v) is 6.66. The van der Waals surface area contributed by atoms with Gasteiger partial charge in [0, 0.05) is 23.2 Å². The molecular formula is C27H31N3O3. The second-order valence-electron chi connectivity index (χ2n) is 8.86. The van der Waals surface area contributed by atoms with E-state index < -0.39 is 0 Å². The van der Waals surface area contributed by atoms with Crippen molar-refractivity contribution in [3.05, 3.63) is 82.8 Å². The van der Waals surface area contributed by atoms with Gasteiger partial charge in [0.25, 0.3) is 5.91 Å². The molecule has 0 saturated carbocycles. The van der Waals surface area contributed by atoms with Crippen LogP contribution in [0.5, 0.6) is 5.75 Å². The van der Waals surface area contributed by atoms with E-state index in [1.165, 1.54) is 11.1 Å². The van der Waals surface area contributed by atoms with E-state index in [-0.39, 0.29) is 18.0 Å². The van der Waals surface area contributed by atoms with Gasteiger partial charge in [0.05, 0.1) is 19.2 Å². The Morgan fingerprint density at radius 2 is 1.97 bits per heavy atom. The van der Waals surface area contributed by atoms with Crippen LogP contribution in [0.4, 0.5) is 5.69 Å². The van der Waals surface area contributed by atoms with Crippen molar-refractivity contribution < 1.29 is 13.9 Å². The average molecular weight is 446 g/mol. The zero-order valence-electron chi connectivity index (χ0n) is 19.2. The van der Waals surface area contributed by atoms with Crippen molar-refractivity contribution in [2.75, 3.05) is 18.5 Å². The van der Waals surface area contributed by atoms with Crippen molar-refractivity contribution in [3.63, 3.8) is 0 Å². The zero-order valence-corrected chi connectivity index (χ0v) is 19.2. The van der Waals surface area contributed by atoms with Gasteiger partial charge >= 0.3 is 0 Å². The molecule has 172 valence electrons. The highest BCUT2D eigenvalue weighted by molar-refractivity contribution is 5.95. The van der Waals surface area contributed by atoms with Gasteiger partial charge in [-0.3, -0.25) is 4.79 Å². The van der Waals surface area contributed by atoms with Crippen molar-refractivity contribution in [1.29, 1.82) is 0 Å². The third-order valence-electron chi connectivity index (χ3n) is 6.66. The molecule has 3 N–H and O–H groups in total. The van der Waals surface area contributed by atoms with Gasteiger partial charge in [-0.25, -0.2) is 0 Å². The van der Waals surface area contributed by atoms with E-state index >= 15 is 0 Å². The van der Waals surface area contributed by atoms with Gasteiger partial charge in [-0.2, -0.15) is 0 Å². The second-order valence-corrected chi connectivity index (χ2v) is 8.86. The molecule has 0 aliphatic carbocycles. The lowest BCUT2D eigenvalue weighted by Gasteiger charge is -2.44. The minimum atomic E-state index is -0.0900. The molecule has 1 fully saturated rings. The molecular weight excluding hydrogens is 414 g/mol. The number of anilines is 1. The number of ether oxygens (including phenoxy) is 1. The predicted molar refractivity (Wildman–Crippen MR) is 128 cm³/mol. The fourth-order valence-corrected chi connectivity index (χ4v) is 5.10. The summed E-state index contributed by atoms with van der Waals surface area (Å²) >= 11 is 0. The summed E-state index contributed by atoms with van der Waals surface area (Å²) in [7, 11) is 0. The highest BCUT2D eigenvalue weighted by Gasteiger charge is 2.39. The largest absolute Gasteiger partial charge is 0.494 e. The Morgan fingerprint density at radius 1 is 1.12 bits per heavy atom. The number of aryl methyl sites for hydroxylation is 1. The summed E-state index contributed by atoms with van der Waals surface area (Å²) in [6, 6.07) is 18.6. The molecule has 1 amide bonds. The monoisotopic (exact) mass is 445 g/mol. The summed E-state index contributed by atoms with van der Waals surface area (Å²) in [4.78, 5) is 12.8. The maximum atomic E-state index is 12.8. The first-order chi connectivity index (χ1) is 16.1. The van der Waals surface area contributed by atoms with E-state index in [0.29, 0.717) is 24.6 Å². The lowest BCUT2D eigenvalue weighted by atomic mass is 9.75. The molecule has 3 atom stereocenters. The van der Waals surface area contributed by atoms with Gasteiger partial charge in [0.15, 0.2) is 0 Å². The van der Waals surface area contributed by atoms with Crippen molar-refractivity contribution in [2.45, 2.75) is 45.3 Å². The van der Waals surface area contributed by atoms with E-state index in [1.54, 1.807) is 0 Å². The molecule has 6 nitrogen and oxygen atoms in total. The Labute approximate surface area is 194 Å². The van der Waals surface area contributed by atoms with Crippen LogP contribution in [-0.2, 0) is 6.54 Å². The summed E-state index contributed by atoms with van der Waals surface area (Å²) in [5, 5.41) is 10.5. The van der Waals surface area contributed by atoms with Gasteiger partial charge < -0.3 is 25.1 Å². The van der Waals surface area contributed by atoms with Gasteiger partial charge in [0.2, 0.25) is 0 Å². The number of amides is 1. The molecule has 3 aromatic rings. The van der Waals surface area contributed by atoms with Crippen molar-refractivity contribution in [1.82, 2.24) is 10.6 Å². The molecule has 0 spiro atoms. The van der Waals surface area contributed by atoms with Crippen LogP contribution in [0, 0.1) is 12.8 Å². The quantitative estimate of drug-likeness (QED) is 0.491. The smallest absolute Gasteiger partial charge is 0.251 e. The molecule has 6 heteroatoms. The van der Waals surface area contributed by atoms with Crippen LogP contribution in [-0.4, -0.2) is 19.1 Å². The molecule has 1 saturated heterocycles.